The summed E-state index contributed by atoms with van der Waals surface area (Å²) in [5, 5.41) is 3.63. The topological polar surface area (TPSA) is 41.6 Å². The normalized spacial score (nSPS) is 19.1. The quantitative estimate of drug-likeness (QED) is 0.594. The van der Waals surface area contributed by atoms with Crippen LogP contribution in [0.2, 0.25) is 0 Å². The van der Waals surface area contributed by atoms with Gasteiger partial charge >= 0.3 is 0 Å². The van der Waals surface area contributed by atoms with Crippen LogP contribution in [-0.4, -0.2) is 22.0 Å². The van der Waals surface area contributed by atoms with Crippen molar-refractivity contribution in [3.05, 3.63) is 71.4 Å². The van der Waals surface area contributed by atoms with Crippen LogP contribution in [-0.2, 0) is 11.4 Å². The van der Waals surface area contributed by atoms with Gasteiger partial charge in [-0.1, -0.05) is 67.8 Å². The number of nitrogens with one attached hydrogen (secondary N) is 1. The molecule has 0 unspecified atom stereocenters. The zero-order valence-electron chi connectivity index (χ0n) is 15.8. The maximum atomic E-state index is 13.0. The van der Waals surface area contributed by atoms with Gasteiger partial charge < -0.3 is 10.1 Å². The van der Waals surface area contributed by atoms with Gasteiger partial charge in [0, 0.05) is 11.6 Å². The van der Waals surface area contributed by atoms with Crippen molar-refractivity contribution in [2.45, 2.75) is 44.8 Å². The summed E-state index contributed by atoms with van der Waals surface area (Å²) in [5.41, 5.74) is 2.48. The van der Waals surface area contributed by atoms with Crippen LogP contribution in [0, 0.1) is 0 Å². The maximum absolute atomic E-state index is 13.0. The van der Waals surface area contributed by atoms with Crippen molar-refractivity contribution < 1.29 is 9.53 Å². The Balaban J connectivity index is 1.52. The zero-order valence-corrected chi connectivity index (χ0v) is 16.6. The minimum atomic E-state index is -0.0326. The lowest BCUT2D eigenvalue weighted by Crippen LogP contribution is -2.41. The average Bonchev–Trinajstić information content (AvgIpc) is 3.02. The van der Waals surface area contributed by atoms with E-state index in [2.05, 4.69) is 5.32 Å². The predicted octanol–water partition coefficient (Wildman–Crippen LogP) is 4.66. The highest BCUT2D eigenvalue weighted by atomic mass is 32.1. The van der Waals surface area contributed by atoms with Gasteiger partial charge in [0.2, 0.25) is 0 Å². The Morgan fingerprint density at radius 3 is 2.54 bits per heavy atom. The number of benzene rings is 2. The summed E-state index contributed by atoms with van der Waals surface area (Å²) in [7, 11) is 0. The Bertz CT molecular complexity index is 888. The summed E-state index contributed by atoms with van der Waals surface area (Å²) in [6, 6.07) is 18.0. The molecule has 2 aromatic carbocycles. The van der Waals surface area contributed by atoms with Crippen LogP contribution < -0.4 is 10.1 Å². The van der Waals surface area contributed by atoms with Crippen molar-refractivity contribution in [3.63, 3.8) is 0 Å². The largest absolute Gasteiger partial charge is 0.488 e. The molecule has 4 rings (SSSR count). The zero-order chi connectivity index (χ0) is 19.3. The Hall–Kier alpha value is -2.66. The van der Waals surface area contributed by atoms with Gasteiger partial charge in [0.15, 0.2) is 5.11 Å². The first-order chi connectivity index (χ1) is 13.7. The lowest BCUT2D eigenvalue weighted by atomic mass is 9.94. The number of ether oxygens (including phenoxy) is 1. The molecule has 2 aromatic rings. The van der Waals surface area contributed by atoms with E-state index in [1.54, 1.807) is 4.90 Å². The molecule has 1 amide bonds. The van der Waals surface area contributed by atoms with E-state index >= 15 is 0 Å². The number of hydrogen-bond donors (Lipinski definition) is 1. The number of carbonyl (C=O) groups excluding carboxylic acids is 1. The molecule has 1 heterocycles. The average molecular weight is 393 g/mol. The van der Waals surface area contributed by atoms with E-state index in [0.29, 0.717) is 17.4 Å². The second-order valence-electron chi connectivity index (χ2n) is 7.27. The summed E-state index contributed by atoms with van der Waals surface area (Å²) in [5.74, 6) is 0.713. The molecule has 1 N–H and O–H groups in total. The number of amides is 1. The number of hydrogen-bond acceptors (Lipinski definition) is 3. The van der Waals surface area contributed by atoms with Crippen LogP contribution in [0.5, 0.6) is 5.75 Å². The Kier molecular flexibility index (Phi) is 5.72. The van der Waals surface area contributed by atoms with Crippen molar-refractivity contribution in [2.75, 3.05) is 0 Å². The third kappa shape index (κ3) is 4.09. The molecule has 5 heteroatoms. The second-order valence-corrected chi connectivity index (χ2v) is 7.65. The molecule has 1 aliphatic carbocycles. The Labute approximate surface area is 171 Å². The molecule has 1 aliphatic heterocycles. The summed E-state index contributed by atoms with van der Waals surface area (Å²) in [6.45, 7) is 0.481. The molecule has 2 aliphatic rings. The number of para-hydroxylation sites is 1. The van der Waals surface area contributed by atoms with Crippen LogP contribution in [0.15, 0.2) is 60.3 Å². The van der Waals surface area contributed by atoms with Crippen molar-refractivity contribution >= 4 is 29.3 Å². The summed E-state index contributed by atoms with van der Waals surface area (Å²) < 4.78 is 6.01. The van der Waals surface area contributed by atoms with Crippen LogP contribution in [0.25, 0.3) is 6.08 Å². The molecule has 0 atom stereocenters. The van der Waals surface area contributed by atoms with Crippen LogP contribution in [0.3, 0.4) is 0 Å². The molecule has 1 saturated carbocycles. The van der Waals surface area contributed by atoms with E-state index in [-0.39, 0.29) is 11.9 Å². The smallest absolute Gasteiger partial charge is 0.276 e. The molecule has 0 aromatic heterocycles. The number of rotatable bonds is 5. The Morgan fingerprint density at radius 1 is 1.04 bits per heavy atom. The number of carbonyl (C=O) groups is 1. The van der Waals surface area contributed by atoms with E-state index in [0.717, 1.165) is 42.6 Å². The van der Waals surface area contributed by atoms with Gasteiger partial charge in [-0.05, 0) is 42.8 Å². The molecule has 2 fully saturated rings. The molecular formula is C23H24N2O2S. The summed E-state index contributed by atoms with van der Waals surface area (Å²) in [4.78, 5) is 14.7. The highest BCUT2D eigenvalue weighted by Gasteiger charge is 2.36. The molecule has 144 valence electrons. The minimum Gasteiger partial charge on any atom is -0.488 e. The van der Waals surface area contributed by atoms with Crippen molar-refractivity contribution in [2.24, 2.45) is 0 Å². The van der Waals surface area contributed by atoms with Gasteiger partial charge in [0.05, 0.1) is 0 Å². The third-order valence-corrected chi connectivity index (χ3v) is 5.60. The van der Waals surface area contributed by atoms with Gasteiger partial charge in [-0.25, -0.2) is 0 Å². The fourth-order valence-corrected chi connectivity index (χ4v) is 4.18. The fraction of sp³-hybridized carbons (Fsp3) is 0.304. The first kappa shape index (κ1) is 18.7. The van der Waals surface area contributed by atoms with E-state index in [1.807, 2.05) is 60.7 Å². The maximum Gasteiger partial charge on any atom is 0.276 e. The van der Waals surface area contributed by atoms with Gasteiger partial charge in [-0.2, -0.15) is 0 Å². The molecule has 1 saturated heterocycles. The van der Waals surface area contributed by atoms with Gasteiger partial charge in [0.1, 0.15) is 18.1 Å². The minimum absolute atomic E-state index is 0.0326. The van der Waals surface area contributed by atoms with Crippen LogP contribution in [0.4, 0.5) is 0 Å². The second kappa shape index (κ2) is 8.57. The van der Waals surface area contributed by atoms with Crippen molar-refractivity contribution in [3.8, 4) is 5.75 Å². The summed E-state index contributed by atoms with van der Waals surface area (Å²) >= 11 is 5.46. The van der Waals surface area contributed by atoms with Crippen LogP contribution >= 0.6 is 12.2 Å². The van der Waals surface area contributed by atoms with Gasteiger partial charge in [0.25, 0.3) is 5.91 Å². The molecule has 0 bridgehead atoms. The standard InChI is InChI=1S/C23H24N2O2S/c26-22-20(24-23(28)25(22)19-12-5-2-6-13-19)15-18-11-7-8-14-21(18)27-16-17-9-3-1-4-10-17/h1,3-4,7-11,14-15,19H,2,5-6,12-13,16H2,(H,24,28)/b20-15+. The molecule has 4 nitrogen and oxygen atoms in total. The first-order valence-corrected chi connectivity index (χ1v) is 10.3. The fourth-order valence-electron chi connectivity index (χ4n) is 3.84. The molecule has 0 spiro atoms. The van der Waals surface area contributed by atoms with E-state index in [4.69, 9.17) is 17.0 Å². The van der Waals surface area contributed by atoms with E-state index < -0.39 is 0 Å². The first-order valence-electron chi connectivity index (χ1n) is 9.84. The lowest BCUT2D eigenvalue weighted by Gasteiger charge is -2.29. The Morgan fingerprint density at radius 2 is 1.75 bits per heavy atom. The third-order valence-electron chi connectivity index (χ3n) is 5.31. The van der Waals surface area contributed by atoms with E-state index in [9.17, 15) is 4.79 Å². The highest BCUT2D eigenvalue weighted by molar-refractivity contribution is 7.80. The van der Waals surface area contributed by atoms with Crippen molar-refractivity contribution in [1.82, 2.24) is 10.2 Å². The molecule has 28 heavy (non-hydrogen) atoms. The van der Waals surface area contributed by atoms with Crippen molar-refractivity contribution in [1.29, 1.82) is 0 Å². The van der Waals surface area contributed by atoms with Gasteiger partial charge in [-0.3, -0.25) is 9.69 Å². The number of thiocarbonyl (C=S) groups is 1. The predicted molar refractivity (Wildman–Crippen MR) is 115 cm³/mol. The monoisotopic (exact) mass is 392 g/mol. The van der Waals surface area contributed by atoms with E-state index in [1.165, 1.54) is 6.42 Å². The SMILES string of the molecule is O=C1/C(=C\c2ccccc2OCc2ccccc2)NC(=S)N1C1CCCCC1. The number of nitrogens with zero attached hydrogens (tertiary/aromatic N) is 1. The van der Waals surface area contributed by atoms with Gasteiger partial charge in [-0.15, -0.1) is 0 Å². The summed E-state index contributed by atoms with van der Waals surface area (Å²) in [6.07, 6.45) is 7.46. The molecule has 0 radical (unpaired) electrons. The van der Waals surface area contributed by atoms with Crippen LogP contribution in [0.1, 0.15) is 43.2 Å². The highest BCUT2D eigenvalue weighted by Crippen LogP contribution is 2.28. The lowest BCUT2D eigenvalue weighted by molar-refractivity contribution is -0.124. The molecular weight excluding hydrogens is 368 g/mol.